The molecule has 0 radical (unpaired) electrons. The van der Waals surface area contributed by atoms with Gasteiger partial charge in [-0.3, -0.25) is 9.36 Å². The topological polar surface area (TPSA) is 73.9 Å². The molecule has 152 valence electrons. The summed E-state index contributed by atoms with van der Waals surface area (Å²) in [4.78, 5) is 26.8. The third-order valence-electron chi connectivity index (χ3n) is 5.34. The smallest absolute Gasteiger partial charge is 0.420 e. The van der Waals surface area contributed by atoms with E-state index in [1.165, 1.54) is 4.57 Å². The van der Waals surface area contributed by atoms with Gasteiger partial charge in [-0.05, 0) is 36.8 Å². The Balaban J connectivity index is 1.52. The zero-order valence-corrected chi connectivity index (χ0v) is 16.9. The fraction of sp³-hybridized carbons (Fsp3) is 0.333. The van der Waals surface area contributed by atoms with E-state index in [-0.39, 0.29) is 18.4 Å². The minimum atomic E-state index is -0.569. The van der Waals surface area contributed by atoms with Crippen LogP contribution in [0, 0.1) is 0 Å². The van der Waals surface area contributed by atoms with Crippen molar-refractivity contribution in [2.24, 2.45) is 0 Å². The Morgan fingerprint density at radius 2 is 2.03 bits per heavy atom. The summed E-state index contributed by atoms with van der Waals surface area (Å²) in [6.07, 6.45) is 0.811. The van der Waals surface area contributed by atoms with Crippen molar-refractivity contribution < 1.29 is 18.7 Å². The zero-order valence-electron chi connectivity index (χ0n) is 16.2. The van der Waals surface area contributed by atoms with Crippen LogP contribution >= 0.6 is 11.6 Å². The number of fused-ring (bicyclic) bond motifs is 1. The first-order valence-electron chi connectivity index (χ1n) is 9.28. The summed E-state index contributed by atoms with van der Waals surface area (Å²) in [6, 6.07) is 10.6. The van der Waals surface area contributed by atoms with Crippen LogP contribution in [0.4, 0.5) is 0 Å². The number of rotatable bonds is 5. The monoisotopic (exact) mass is 416 g/mol. The van der Waals surface area contributed by atoms with E-state index in [0.717, 1.165) is 23.5 Å². The molecule has 0 N–H and O–H groups in total. The van der Waals surface area contributed by atoms with Crippen molar-refractivity contribution in [2.45, 2.75) is 18.9 Å². The van der Waals surface area contributed by atoms with E-state index in [1.807, 2.05) is 18.2 Å². The maximum Gasteiger partial charge on any atom is 0.420 e. The van der Waals surface area contributed by atoms with Crippen LogP contribution in [-0.4, -0.2) is 42.7 Å². The molecule has 1 saturated heterocycles. The van der Waals surface area contributed by atoms with Gasteiger partial charge in [0, 0.05) is 35.7 Å². The van der Waals surface area contributed by atoms with Crippen LogP contribution in [0.2, 0.25) is 5.02 Å². The summed E-state index contributed by atoms with van der Waals surface area (Å²) in [6.45, 7) is 1.09. The van der Waals surface area contributed by atoms with Gasteiger partial charge < -0.3 is 18.8 Å². The molecule has 1 aliphatic heterocycles. The van der Waals surface area contributed by atoms with E-state index in [0.29, 0.717) is 29.2 Å². The minimum Gasteiger partial charge on any atom is -0.497 e. The van der Waals surface area contributed by atoms with Gasteiger partial charge >= 0.3 is 5.76 Å². The molecule has 3 aromatic rings. The number of carbonyl (C=O) groups excluding carboxylic acids is 1. The second-order valence-electron chi connectivity index (χ2n) is 7.00. The predicted octanol–water partition coefficient (Wildman–Crippen LogP) is 3.28. The van der Waals surface area contributed by atoms with Crippen LogP contribution in [0.25, 0.3) is 11.1 Å². The Labute approximate surface area is 172 Å². The molecule has 4 rings (SSSR count). The highest BCUT2D eigenvalue weighted by Crippen LogP contribution is 2.36. The maximum atomic E-state index is 12.9. The lowest BCUT2D eigenvalue weighted by Crippen LogP contribution is -2.34. The molecule has 0 aliphatic carbocycles. The number of ether oxygens (including phenoxy) is 2. The van der Waals surface area contributed by atoms with E-state index in [9.17, 15) is 9.59 Å². The minimum absolute atomic E-state index is 0.0740. The second-order valence-corrected chi connectivity index (χ2v) is 7.44. The number of oxazole rings is 1. The molecule has 8 heteroatoms. The average molecular weight is 417 g/mol. The van der Waals surface area contributed by atoms with E-state index in [2.05, 4.69) is 0 Å². The number of likely N-dealkylation sites (tertiary alicyclic amines) is 1. The number of methoxy groups -OCH3 is 2. The Kier molecular flexibility index (Phi) is 5.24. The highest BCUT2D eigenvalue weighted by molar-refractivity contribution is 6.31. The number of hydrogen-bond acceptors (Lipinski definition) is 5. The fourth-order valence-corrected chi connectivity index (χ4v) is 3.99. The van der Waals surface area contributed by atoms with E-state index in [4.69, 9.17) is 25.5 Å². The molecular formula is C21H21ClN2O5. The Bertz CT molecular complexity index is 1120. The SMILES string of the molecule is COc1ccc(OC)c(C2CCN(C(=O)Cn3c(=O)oc4cc(Cl)ccc43)C2)c1. The van der Waals surface area contributed by atoms with Gasteiger partial charge in [0.25, 0.3) is 0 Å². The molecule has 1 atom stereocenters. The quantitative estimate of drug-likeness (QED) is 0.638. The Morgan fingerprint density at radius 3 is 2.79 bits per heavy atom. The van der Waals surface area contributed by atoms with Crippen LogP contribution in [0.5, 0.6) is 11.5 Å². The van der Waals surface area contributed by atoms with E-state index >= 15 is 0 Å². The molecule has 0 spiro atoms. The zero-order chi connectivity index (χ0) is 20.5. The highest BCUT2D eigenvalue weighted by atomic mass is 35.5. The largest absolute Gasteiger partial charge is 0.497 e. The van der Waals surface area contributed by atoms with Gasteiger partial charge in [-0.25, -0.2) is 4.79 Å². The summed E-state index contributed by atoms with van der Waals surface area (Å²) in [5.41, 5.74) is 1.94. The van der Waals surface area contributed by atoms with Crippen LogP contribution < -0.4 is 15.2 Å². The standard InChI is InChI=1S/C21H21ClN2O5/c1-27-15-4-6-18(28-2)16(10-15)13-7-8-23(11-13)20(25)12-24-17-5-3-14(22)9-19(17)29-21(24)26/h3-6,9-10,13H,7-8,11-12H2,1-2H3. The first-order chi connectivity index (χ1) is 14.0. The first-order valence-corrected chi connectivity index (χ1v) is 9.66. The third kappa shape index (κ3) is 3.70. The number of nitrogens with zero attached hydrogens (tertiary/aromatic N) is 2. The highest BCUT2D eigenvalue weighted by Gasteiger charge is 2.30. The molecular weight excluding hydrogens is 396 g/mol. The van der Waals surface area contributed by atoms with E-state index in [1.54, 1.807) is 37.3 Å². The van der Waals surface area contributed by atoms with Crippen LogP contribution in [-0.2, 0) is 11.3 Å². The lowest BCUT2D eigenvalue weighted by atomic mass is 9.97. The number of benzene rings is 2. The van der Waals surface area contributed by atoms with Gasteiger partial charge in [0.1, 0.15) is 18.0 Å². The summed E-state index contributed by atoms with van der Waals surface area (Å²) >= 11 is 5.94. The predicted molar refractivity (Wildman–Crippen MR) is 109 cm³/mol. The van der Waals surface area contributed by atoms with Crippen molar-refractivity contribution in [3.63, 3.8) is 0 Å². The molecule has 1 fully saturated rings. The summed E-state index contributed by atoms with van der Waals surface area (Å²) in [5.74, 6) is 0.968. The van der Waals surface area contributed by atoms with Crippen LogP contribution in [0.15, 0.2) is 45.6 Å². The molecule has 1 unspecified atom stereocenters. The Hall–Kier alpha value is -2.93. The van der Waals surface area contributed by atoms with Crippen molar-refractivity contribution >= 4 is 28.6 Å². The number of aromatic nitrogens is 1. The van der Waals surface area contributed by atoms with Gasteiger partial charge in [0.15, 0.2) is 5.58 Å². The van der Waals surface area contributed by atoms with Crippen molar-refractivity contribution in [1.82, 2.24) is 9.47 Å². The summed E-state index contributed by atoms with van der Waals surface area (Å²) < 4.78 is 17.4. The third-order valence-corrected chi connectivity index (χ3v) is 5.58. The normalized spacial score (nSPS) is 16.4. The number of amides is 1. The van der Waals surface area contributed by atoms with Crippen LogP contribution in [0.3, 0.4) is 0 Å². The fourth-order valence-electron chi connectivity index (χ4n) is 3.82. The second kappa shape index (κ2) is 7.83. The molecule has 0 saturated carbocycles. The van der Waals surface area contributed by atoms with Gasteiger partial charge in [0.2, 0.25) is 5.91 Å². The van der Waals surface area contributed by atoms with Crippen molar-refractivity contribution in [2.75, 3.05) is 27.3 Å². The number of halogens is 1. The van der Waals surface area contributed by atoms with Gasteiger partial charge in [-0.1, -0.05) is 11.6 Å². The molecule has 2 heterocycles. The van der Waals surface area contributed by atoms with Crippen LogP contribution in [0.1, 0.15) is 17.9 Å². The van der Waals surface area contributed by atoms with Gasteiger partial charge in [-0.2, -0.15) is 0 Å². The Morgan fingerprint density at radius 1 is 1.21 bits per heavy atom. The van der Waals surface area contributed by atoms with Crippen molar-refractivity contribution in [3.8, 4) is 11.5 Å². The molecule has 0 bridgehead atoms. The summed E-state index contributed by atoms with van der Waals surface area (Å²) in [7, 11) is 3.25. The van der Waals surface area contributed by atoms with Gasteiger partial charge in [0.05, 0.1) is 19.7 Å². The number of carbonyl (C=O) groups is 1. The number of hydrogen-bond donors (Lipinski definition) is 0. The average Bonchev–Trinajstić information content (AvgIpc) is 3.32. The van der Waals surface area contributed by atoms with Crippen molar-refractivity contribution in [3.05, 3.63) is 57.5 Å². The van der Waals surface area contributed by atoms with Gasteiger partial charge in [-0.15, -0.1) is 0 Å². The first kappa shape index (κ1) is 19.4. The maximum absolute atomic E-state index is 12.9. The van der Waals surface area contributed by atoms with Crippen molar-refractivity contribution in [1.29, 1.82) is 0 Å². The molecule has 1 aliphatic rings. The molecule has 1 amide bonds. The van der Waals surface area contributed by atoms with E-state index < -0.39 is 5.76 Å². The lowest BCUT2D eigenvalue weighted by Gasteiger charge is -2.18. The molecule has 1 aromatic heterocycles. The summed E-state index contributed by atoms with van der Waals surface area (Å²) in [5, 5.41) is 0.472. The molecule has 29 heavy (non-hydrogen) atoms. The lowest BCUT2D eigenvalue weighted by molar-refractivity contribution is -0.130. The molecule has 2 aromatic carbocycles. The molecule has 7 nitrogen and oxygen atoms in total.